The van der Waals surface area contributed by atoms with E-state index in [2.05, 4.69) is 70.6 Å². The Morgan fingerprint density at radius 2 is 1.51 bits per heavy atom. The summed E-state index contributed by atoms with van der Waals surface area (Å²) in [5, 5.41) is 18.9. The van der Waals surface area contributed by atoms with Crippen LogP contribution in [0.5, 0.6) is 0 Å². The summed E-state index contributed by atoms with van der Waals surface area (Å²) < 4.78 is 0. The second-order valence-electron chi connectivity index (χ2n) is 9.41. The molecule has 0 saturated carbocycles. The van der Waals surface area contributed by atoms with Gasteiger partial charge in [0.2, 0.25) is 0 Å². The van der Waals surface area contributed by atoms with Crippen LogP contribution in [-0.4, -0.2) is 14.9 Å². The fraction of sp³-hybridized carbons (Fsp3) is 0.125. The van der Waals surface area contributed by atoms with Crippen LogP contribution in [0.2, 0.25) is 0 Å². The molecule has 0 saturated heterocycles. The Morgan fingerprint density at radius 1 is 0.730 bits per heavy atom. The van der Waals surface area contributed by atoms with Crippen LogP contribution >= 0.6 is 0 Å². The first-order valence-electron chi connectivity index (χ1n) is 12.5. The molecule has 1 aliphatic rings. The molecule has 7 rings (SSSR count). The number of aryl methyl sites for hydroxylation is 1. The SMILES string of the molecule is O=[N+]([O-])c1cccnc1C1CCc2c(ccc3c2ccc2ccccc23)C1.c1ccc2cnccc2c1. The zero-order valence-electron chi connectivity index (χ0n) is 20.2. The number of rotatable bonds is 2. The van der Waals surface area contributed by atoms with Crippen LogP contribution in [-0.2, 0) is 12.8 Å². The number of nitro groups is 1. The highest BCUT2D eigenvalue weighted by Crippen LogP contribution is 2.39. The van der Waals surface area contributed by atoms with E-state index in [9.17, 15) is 10.1 Å². The predicted octanol–water partition coefficient (Wildman–Crippen LogP) is 7.80. The van der Waals surface area contributed by atoms with Gasteiger partial charge >= 0.3 is 0 Å². The van der Waals surface area contributed by atoms with Gasteiger partial charge in [0.05, 0.1) is 4.92 Å². The summed E-state index contributed by atoms with van der Waals surface area (Å²) in [5.74, 6) is 0.0945. The van der Waals surface area contributed by atoms with Gasteiger partial charge in [0.1, 0.15) is 5.69 Å². The lowest BCUT2D eigenvalue weighted by Gasteiger charge is -2.25. The molecule has 2 aromatic heterocycles. The number of nitrogens with zero attached hydrogens (tertiary/aromatic N) is 3. The third-order valence-corrected chi connectivity index (χ3v) is 7.29. The van der Waals surface area contributed by atoms with Gasteiger partial charge in [-0.25, -0.2) is 0 Å². The smallest absolute Gasteiger partial charge is 0.264 e. The fourth-order valence-corrected chi connectivity index (χ4v) is 5.51. The largest absolute Gasteiger partial charge is 0.291 e. The standard InChI is InChI=1S/C23H18N2O2.C9H7N/c26-25(27)22-6-3-13-24-23(22)17-9-10-19-16(14-17)8-12-20-18-5-2-1-4-15(18)7-11-21(19)20;1-2-4-9-7-10-6-5-8(9)3-1/h1-8,11-13,17H,9-10,14H2;1-7H. The average molecular weight is 484 g/mol. The molecule has 1 unspecified atom stereocenters. The van der Waals surface area contributed by atoms with Crippen LogP contribution in [0.15, 0.2) is 110 Å². The third-order valence-electron chi connectivity index (χ3n) is 7.29. The second-order valence-corrected chi connectivity index (χ2v) is 9.41. The molecular formula is C32H25N3O2. The summed E-state index contributed by atoms with van der Waals surface area (Å²) in [6.45, 7) is 0. The van der Waals surface area contributed by atoms with Crippen LogP contribution in [0.4, 0.5) is 5.69 Å². The van der Waals surface area contributed by atoms with Gasteiger partial charge in [-0.3, -0.25) is 20.1 Å². The highest BCUT2D eigenvalue weighted by Gasteiger charge is 2.28. The first kappa shape index (κ1) is 22.8. The Morgan fingerprint density at radius 3 is 2.35 bits per heavy atom. The van der Waals surface area contributed by atoms with E-state index in [1.165, 1.54) is 43.4 Å². The molecule has 2 heterocycles. The van der Waals surface area contributed by atoms with Gasteiger partial charge in [0, 0.05) is 30.6 Å². The predicted molar refractivity (Wildman–Crippen MR) is 149 cm³/mol. The molecule has 180 valence electrons. The normalized spacial score (nSPS) is 14.6. The summed E-state index contributed by atoms with van der Waals surface area (Å²) in [7, 11) is 0. The van der Waals surface area contributed by atoms with Crippen molar-refractivity contribution in [3.8, 4) is 0 Å². The van der Waals surface area contributed by atoms with Gasteiger partial charge in [-0.1, -0.05) is 72.8 Å². The molecule has 5 heteroatoms. The van der Waals surface area contributed by atoms with E-state index >= 15 is 0 Å². The lowest BCUT2D eigenvalue weighted by Crippen LogP contribution is -2.15. The van der Waals surface area contributed by atoms with Crippen molar-refractivity contribution in [3.05, 3.63) is 137 Å². The van der Waals surface area contributed by atoms with Crippen LogP contribution in [0.1, 0.15) is 29.2 Å². The fourth-order valence-electron chi connectivity index (χ4n) is 5.51. The van der Waals surface area contributed by atoms with Gasteiger partial charge in [-0.2, -0.15) is 0 Å². The van der Waals surface area contributed by atoms with Crippen molar-refractivity contribution in [2.24, 2.45) is 0 Å². The lowest BCUT2D eigenvalue weighted by molar-refractivity contribution is -0.386. The van der Waals surface area contributed by atoms with E-state index in [0.29, 0.717) is 5.69 Å². The Hall–Kier alpha value is -4.64. The van der Waals surface area contributed by atoms with E-state index in [0.717, 1.165) is 19.3 Å². The maximum absolute atomic E-state index is 11.4. The summed E-state index contributed by atoms with van der Waals surface area (Å²) >= 11 is 0. The highest BCUT2D eigenvalue weighted by atomic mass is 16.6. The molecule has 0 amide bonds. The van der Waals surface area contributed by atoms with E-state index in [1.807, 2.05) is 30.6 Å². The zero-order valence-corrected chi connectivity index (χ0v) is 20.2. The number of hydrogen-bond acceptors (Lipinski definition) is 4. The van der Waals surface area contributed by atoms with Crippen LogP contribution in [0, 0.1) is 10.1 Å². The number of fused-ring (bicyclic) bond motifs is 6. The summed E-state index contributed by atoms with van der Waals surface area (Å²) in [6.07, 6.45) is 7.94. The third kappa shape index (κ3) is 4.40. The van der Waals surface area contributed by atoms with Gasteiger partial charge in [0.25, 0.3) is 5.69 Å². The van der Waals surface area contributed by atoms with Crippen LogP contribution in [0.3, 0.4) is 0 Å². The summed E-state index contributed by atoms with van der Waals surface area (Å²) in [5.41, 5.74) is 3.42. The Balaban J connectivity index is 0.000000210. The van der Waals surface area contributed by atoms with Crippen LogP contribution < -0.4 is 0 Å². The Labute approximate surface area is 214 Å². The van der Waals surface area contributed by atoms with E-state index < -0.39 is 0 Å². The van der Waals surface area contributed by atoms with Crippen molar-refractivity contribution < 1.29 is 4.92 Å². The van der Waals surface area contributed by atoms with Crippen molar-refractivity contribution in [2.75, 3.05) is 0 Å². The molecule has 5 nitrogen and oxygen atoms in total. The van der Waals surface area contributed by atoms with Crippen molar-refractivity contribution in [3.63, 3.8) is 0 Å². The first-order chi connectivity index (χ1) is 18.2. The number of hydrogen-bond donors (Lipinski definition) is 0. The van der Waals surface area contributed by atoms with Gasteiger partial charge in [-0.05, 0) is 74.8 Å². The molecule has 37 heavy (non-hydrogen) atoms. The second kappa shape index (κ2) is 9.78. The van der Waals surface area contributed by atoms with Gasteiger partial charge < -0.3 is 0 Å². The van der Waals surface area contributed by atoms with E-state index in [1.54, 1.807) is 18.3 Å². The zero-order chi connectivity index (χ0) is 25.2. The summed E-state index contributed by atoms with van der Waals surface area (Å²) in [4.78, 5) is 19.4. The van der Waals surface area contributed by atoms with E-state index in [4.69, 9.17) is 0 Å². The minimum absolute atomic E-state index is 0.0945. The molecule has 1 aliphatic carbocycles. The molecule has 1 atom stereocenters. The molecular weight excluding hydrogens is 458 g/mol. The van der Waals surface area contributed by atoms with Crippen molar-refractivity contribution in [1.82, 2.24) is 9.97 Å². The minimum atomic E-state index is -0.315. The Bertz CT molecular complexity index is 1700. The average Bonchev–Trinajstić information content (AvgIpc) is 2.97. The molecule has 0 aliphatic heterocycles. The molecule has 0 spiro atoms. The Kier molecular flexibility index (Phi) is 6.03. The maximum Gasteiger partial charge on any atom is 0.291 e. The van der Waals surface area contributed by atoms with E-state index in [-0.39, 0.29) is 16.5 Å². The molecule has 4 aromatic carbocycles. The van der Waals surface area contributed by atoms with Crippen molar-refractivity contribution >= 4 is 38.0 Å². The first-order valence-corrected chi connectivity index (χ1v) is 12.5. The lowest BCUT2D eigenvalue weighted by atomic mass is 9.79. The minimum Gasteiger partial charge on any atom is -0.264 e. The van der Waals surface area contributed by atoms with Crippen molar-refractivity contribution in [2.45, 2.75) is 25.2 Å². The number of pyridine rings is 2. The number of aromatic nitrogens is 2. The quantitative estimate of drug-likeness (QED) is 0.143. The van der Waals surface area contributed by atoms with Crippen LogP contribution in [0.25, 0.3) is 32.3 Å². The molecule has 0 N–H and O–H groups in total. The summed E-state index contributed by atoms with van der Waals surface area (Å²) in [6, 6.07) is 30.7. The maximum atomic E-state index is 11.4. The topological polar surface area (TPSA) is 68.9 Å². The number of benzene rings is 4. The van der Waals surface area contributed by atoms with Gasteiger partial charge in [-0.15, -0.1) is 0 Å². The van der Waals surface area contributed by atoms with Crippen molar-refractivity contribution in [1.29, 1.82) is 0 Å². The monoisotopic (exact) mass is 483 g/mol. The molecule has 0 radical (unpaired) electrons. The highest BCUT2D eigenvalue weighted by molar-refractivity contribution is 6.08. The molecule has 0 fully saturated rings. The molecule has 6 aromatic rings. The molecule has 0 bridgehead atoms. The van der Waals surface area contributed by atoms with Gasteiger partial charge in [0.15, 0.2) is 0 Å².